The van der Waals surface area contributed by atoms with Gasteiger partial charge in [-0.15, -0.1) is 0 Å². The fourth-order valence-corrected chi connectivity index (χ4v) is 1.88. The molecule has 0 saturated carbocycles. The molecule has 0 aliphatic carbocycles. The standard InChI is InChI=1S/C15H18N4O2/c1-10-8-11(2)17-15(16-10)19-13-6-4-12(5-7-13)18-14(20)9-21-3/h4-8H,9H2,1-3H3,(H,18,20)(H,16,17,19). The number of nitrogens with one attached hydrogen (secondary N) is 2. The molecule has 0 unspecified atom stereocenters. The largest absolute Gasteiger partial charge is 0.375 e. The lowest BCUT2D eigenvalue weighted by Gasteiger charge is -2.08. The van der Waals surface area contributed by atoms with Gasteiger partial charge in [0.25, 0.3) is 0 Å². The first-order chi connectivity index (χ1) is 10.1. The number of carbonyl (C=O) groups is 1. The van der Waals surface area contributed by atoms with E-state index in [-0.39, 0.29) is 12.5 Å². The van der Waals surface area contributed by atoms with E-state index >= 15 is 0 Å². The Morgan fingerprint density at radius 3 is 2.24 bits per heavy atom. The number of benzene rings is 1. The van der Waals surface area contributed by atoms with Crippen LogP contribution in [0.25, 0.3) is 0 Å². The van der Waals surface area contributed by atoms with Gasteiger partial charge in [0.1, 0.15) is 6.61 Å². The van der Waals surface area contributed by atoms with Crippen LogP contribution in [-0.4, -0.2) is 29.6 Å². The Bertz CT molecular complexity index is 606. The van der Waals surface area contributed by atoms with E-state index in [2.05, 4.69) is 20.6 Å². The van der Waals surface area contributed by atoms with Gasteiger partial charge in [0.2, 0.25) is 11.9 Å². The van der Waals surface area contributed by atoms with Crippen molar-refractivity contribution in [2.45, 2.75) is 13.8 Å². The molecule has 2 aromatic rings. The molecular formula is C15H18N4O2. The number of methoxy groups -OCH3 is 1. The van der Waals surface area contributed by atoms with Gasteiger partial charge >= 0.3 is 0 Å². The molecule has 1 aromatic heterocycles. The van der Waals surface area contributed by atoms with Crippen LogP contribution in [0.15, 0.2) is 30.3 Å². The maximum Gasteiger partial charge on any atom is 0.250 e. The predicted octanol–water partition coefficient (Wildman–Crippen LogP) is 2.42. The smallest absolute Gasteiger partial charge is 0.250 e. The number of carbonyl (C=O) groups excluding carboxylic acids is 1. The Morgan fingerprint density at radius 2 is 1.67 bits per heavy atom. The quantitative estimate of drug-likeness (QED) is 0.882. The second-order valence-electron chi connectivity index (χ2n) is 4.66. The molecule has 0 saturated heterocycles. The molecule has 0 atom stereocenters. The topological polar surface area (TPSA) is 76.1 Å². The molecule has 0 spiro atoms. The molecule has 1 aromatic carbocycles. The number of aryl methyl sites for hydroxylation is 2. The van der Waals surface area contributed by atoms with Crippen LogP contribution < -0.4 is 10.6 Å². The average Bonchev–Trinajstić information content (AvgIpc) is 2.40. The van der Waals surface area contributed by atoms with Crippen LogP contribution >= 0.6 is 0 Å². The van der Waals surface area contributed by atoms with Crippen molar-refractivity contribution in [1.29, 1.82) is 0 Å². The summed E-state index contributed by atoms with van der Waals surface area (Å²) in [5, 5.41) is 5.86. The number of anilines is 3. The summed E-state index contributed by atoms with van der Waals surface area (Å²) in [6, 6.07) is 9.23. The summed E-state index contributed by atoms with van der Waals surface area (Å²) in [4.78, 5) is 20.0. The van der Waals surface area contributed by atoms with Crippen molar-refractivity contribution in [1.82, 2.24) is 9.97 Å². The molecule has 21 heavy (non-hydrogen) atoms. The lowest BCUT2D eigenvalue weighted by atomic mass is 10.3. The molecule has 2 rings (SSSR count). The summed E-state index contributed by atoms with van der Waals surface area (Å²) in [5.74, 6) is 0.375. The summed E-state index contributed by atoms with van der Waals surface area (Å²) in [5.41, 5.74) is 3.38. The van der Waals surface area contributed by atoms with Gasteiger partial charge in [0.05, 0.1) is 0 Å². The molecule has 0 aliphatic rings. The maximum absolute atomic E-state index is 11.4. The molecule has 1 heterocycles. The summed E-state index contributed by atoms with van der Waals surface area (Å²) < 4.78 is 4.76. The molecule has 2 N–H and O–H groups in total. The lowest BCUT2D eigenvalue weighted by molar-refractivity contribution is -0.119. The number of amides is 1. The first-order valence-corrected chi connectivity index (χ1v) is 6.55. The van der Waals surface area contributed by atoms with Crippen LogP contribution in [0.2, 0.25) is 0 Å². The van der Waals surface area contributed by atoms with Gasteiger partial charge in [-0.05, 0) is 44.2 Å². The third-order valence-corrected chi connectivity index (χ3v) is 2.68. The summed E-state index contributed by atoms with van der Waals surface area (Å²) in [6.45, 7) is 3.89. The first kappa shape index (κ1) is 14.9. The first-order valence-electron chi connectivity index (χ1n) is 6.55. The molecule has 0 aliphatic heterocycles. The van der Waals surface area contributed by atoms with E-state index in [4.69, 9.17) is 4.74 Å². The zero-order valence-electron chi connectivity index (χ0n) is 12.3. The molecular weight excluding hydrogens is 268 g/mol. The van der Waals surface area contributed by atoms with E-state index in [1.165, 1.54) is 7.11 Å². The highest BCUT2D eigenvalue weighted by atomic mass is 16.5. The molecule has 6 nitrogen and oxygen atoms in total. The second kappa shape index (κ2) is 6.81. The minimum Gasteiger partial charge on any atom is -0.375 e. The van der Waals surface area contributed by atoms with Crippen LogP contribution in [0.1, 0.15) is 11.4 Å². The van der Waals surface area contributed by atoms with Crippen molar-refractivity contribution >= 4 is 23.2 Å². The van der Waals surface area contributed by atoms with Crippen molar-refractivity contribution in [2.24, 2.45) is 0 Å². The van der Waals surface area contributed by atoms with Crippen LogP contribution in [0.4, 0.5) is 17.3 Å². The van der Waals surface area contributed by atoms with Gasteiger partial charge in [-0.1, -0.05) is 0 Å². The van der Waals surface area contributed by atoms with E-state index in [1.807, 2.05) is 32.0 Å². The van der Waals surface area contributed by atoms with Gasteiger partial charge in [-0.2, -0.15) is 0 Å². The van der Waals surface area contributed by atoms with Crippen LogP contribution in [-0.2, 0) is 9.53 Å². The van der Waals surface area contributed by atoms with Gasteiger partial charge in [0.15, 0.2) is 0 Å². The van der Waals surface area contributed by atoms with E-state index in [0.29, 0.717) is 11.6 Å². The lowest BCUT2D eigenvalue weighted by Crippen LogP contribution is -2.16. The summed E-state index contributed by atoms with van der Waals surface area (Å²) in [7, 11) is 1.48. The van der Waals surface area contributed by atoms with E-state index in [0.717, 1.165) is 17.1 Å². The van der Waals surface area contributed by atoms with Gasteiger partial charge in [0, 0.05) is 29.9 Å². The van der Waals surface area contributed by atoms with Crippen LogP contribution in [0, 0.1) is 13.8 Å². The minimum atomic E-state index is -0.184. The number of ether oxygens (including phenoxy) is 1. The Labute approximate surface area is 123 Å². The second-order valence-corrected chi connectivity index (χ2v) is 4.66. The number of nitrogens with zero attached hydrogens (tertiary/aromatic N) is 2. The van der Waals surface area contributed by atoms with Crippen LogP contribution in [0.3, 0.4) is 0 Å². The molecule has 1 amide bonds. The summed E-state index contributed by atoms with van der Waals surface area (Å²) >= 11 is 0. The summed E-state index contributed by atoms with van der Waals surface area (Å²) in [6.07, 6.45) is 0. The zero-order valence-corrected chi connectivity index (χ0v) is 12.3. The number of hydrogen-bond donors (Lipinski definition) is 2. The predicted molar refractivity (Wildman–Crippen MR) is 81.7 cm³/mol. The van der Waals surface area contributed by atoms with Gasteiger partial charge < -0.3 is 15.4 Å². The normalized spacial score (nSPS) is 10.2. The van der Waals surface area contributed by atoms with Crippen molar-refractivity contribution in [3.8, 4) is 0 Å². The van der Waals surface area contributed by atoms with Crippen molar-refractivity contribution in [2.75, 3.05) is 24.4 Å². The van der Waals surface area contributed by atoms with E-state index in [9.17, 15) is 4.79 Å². The van der Waals surface area contributed by atoms with Crippen molar-refractivity contribution < 1.29 is 9.53 Å². The Balaban J connectivity index is 2.03. The van der Waals surface area contributed by atoms with Crippen LogP contribution in [0.5, 0.6) is 0 Å². The fourth-order valence-electron chi connectivity index (χ4n) is 1.88. The van der Waals surface area contributed by atoms with E-state index in [1.54, 1.807) is 12.1 Å². The van der Waals surface area contributed by atoms with Gasteiger partial charge in [-0.25, -0.2) is 9.97 Å². The molecule has 6 heteroatoms. The number of hydrogen-bond acceptors (Lipinski definition) is 5. The van der Waals surface area contributed by atoms with Crippen molar-refractivity contribution in [3.05, 3.63) is 41.7 Å². The highest BCUT2D eigenvalue weighted by Gasteiger charge is 2.03. The monoisotopic (exact) mass is 286 g/mol. The highest BCUT2D eigenvalue weighted by molar-refractivity contribution is 5.91. The zero-order chi connectivity index (χ0) is 15.2. The van der Waals surface area contributed by atoms with Gasteiger partial charge in [-0.3, -0.25) is 4.79 Å². The third kappa shape index (κ3) is 4.54. The Hall–Kier alpha value is -2.47. The SMILES string of the molecule is COCC(=O)Nc1ccc(Nc2nc(C)cc(C)n2)cc1. The molecule has 0 radical (unpaired) electrons. The maximum atomic E-state index is 11.4. The third-order valence-electron chi connectivity index (χ3n) is 2.68. The molecule has 0 fully saturated rings. The number of aromatic nitrogens is 2. The molecule has 110 valence electrons. The minimum absolute atomic E-state index is 0.0381. The molecule has 0 bridgehead atoms. The highest BCUT2D eigenvalue weighted by Crippen LogP contribution is 2.17. The number of rotatable bonds is 5. The Kier molecular flexibility index (Phi) is 4.84. The van der Waals surface area contributed by atoms with E-state index < -0.39 is 0 Å². The average molecular weight is 286 g/mol. The fraction of sp³-hybridized carbons (Fsp3) is 0.267. The van der Waals surface area contributed by atoms with Crippen molar-refractivity contribution in [3.63, 3.8) is 0 Å². The Morgan fingerprint density at radius 1 is 1.10 bits per heavy atom.